The van der Waals surface area contributed by atoms with E-state index in [2.05, 4.69) is 17.1 Å². The summed E-state index contributed by atoms with van der Waals surface area (Å²) in [6.45, 7) is 2.11. The first-order valence-corrected chi connectivity index (χ1v) is 5.69. The van der Waals surface area contributed by atoms with E-state index in [-0.39, 0.29) is 5.82 Å². The molecule has 2 nitrogen and oxygen atoms in total. The summed E-state index contributed by atoms with van der Waals surface area (Å²) in [6, 6.07) is 6.34. The van der Waals surface area contributed by atoms with Gasteiger partial charge < -0.3 is 0 Å². The molecule has 78 valence electrons. The molecule has 0 spiro atoms. The molecule has 0 saturated heterocycles. The Hall–Kier alpha value is -1.29. The fourth-order valence-corrected chi connectivity index (χ4v) is 2.22. The predicted octanol–water partition coefficient (Wildman–Crippen LogP) is 3.30. The molecule has 0 atom stereocenters. The van der Waals surface area contributed by atoms with Crippen LogP contribution in [0.1, 0.15) is 18.4 Å². The van der Waals surface area contributed by atoms with Gasteiger partial charge in [-0.1, -0.05) is 18.3 Å². The molecule has 2 rings (SSSR count). The van der Waals surface area contributed by atoms with Crippen molar-refractivity contribution in [1.29, 1.82) is 0 Å². The van der Waals surface area contributed by atoms with Crippen LogP contribution in [0, 0.1) is 5.82 Å². The van der Waals surface area contributed by atoms with Gasteiger partial charge in [0.2, 0.25) is 0 Å². The maximum atomic E-state index is 12.7. The molecule has 15 heavy (non-hydrogen) atoms. The number of halogens is 1. The summed E-state index contributed by atoms with van der Waals surface area (Å²) >= 11 is 1.57. The van der Waals surface area contributed by atoms with Crippen LogP contribution in [0.25, 0.3) is 10.6 Å². The monoisotopic (exact) mass is 222 g/mol. The lowest BCUT2D eigenvalue weighted by atomic mass is 10.2. The second kappa shape index (κ2) is 4.49. The summed E-state index contributed by atoms with van der Waals surface area (Å²) in [5, 5.41) is 10.1. The van der Waals surface area contributed by atoms with E-state index in [1.54, 1.807) is 23.5 Å². The van der Waals surface area contributed by atoms with Crippen molar-refractivity contribution in [1.82, 2.24) is 10.2 Å². The fraction of sp³-hybridized carbons (Fsp3) is 0.273. The maximum Gasteiger partial charge on any atom is 0.147 e. The van der Waals surface area contributed by atoms with Crippen LogP contribution in [0.5, 0.6) is 0 Å². The Morgan fingerprint density at radius 2 is 1.93 bits per heavy atom. The molecule has 0 unspecified atom stereocenters. The van der Waals surface area contributed by atoms with Crippen molar-refractivity contribution in [3.8, 4) is 10.6 Å². The van der Waals surface area contributed by atoms with Gasteiger partial charge in [0.25, 0.3) is 0 Å². The Morgan fingerprint density at radius 3 is 2.60 bits per heavy atom. The highest BCUT2D eigenvalue weighted by Crippen LogP contribution is 2.23. The first kappa shape index (κ1) is 10.2. The largest absolute Gasteiger partial charge is 0.207 e. The van der Waals surface area contributed by atoms with Gasteiger partial charge in [-0.15, -0.1) is 10.2 Å². The Labute approximate surface area is 91.8 Å². The molecule has 0 aliphatic heterocycles. The minimum atomic E-state index is -0.225. The molecule has 0 aliphatic rings. The normalized spacial score (nSPS) is 10.5. The maximum absolute atomic E-state index is 12.7. The van der Waals surface area contributed by atoms with Gasteiger partial charge in [0.05, 0.1) is 0 Å². The van der Waals surface area contributed by atoms with E-state index >= 15 is 0 Å². The zero-order valence-electron chi connectivity index (χ0n) is 8.40. The number of benzene rings is 1. The number of aryl methyl sites for hydroxylation is 1. The molecular formula is C11H11FN2S. The molecule has 1 aromatic heterocycles. The molecule has 0 aliphatic carbocycles. The van der Waals surface area contributed by atoms with Crippen LogP contribution in [-0.2, 0) is 6.42 Å². The SMILES string of the molecule is CCCc1nnc(-c2ccc(F)cc2)s1. The molecule has 0 saturated carbocycles. The number of aromatic nitrogens is 2. The van der Waals surface area contributed by atoms with Gasteiger partial charge in [0.1, 0.15) is 15.8 Å². The molecule has 1 heterocycles. The van der Waals surface area contributed by atoms with Crippen LogP contribution in [0.15, 0.2) is 24.3 Å². The zero-order chi connectivity index (χ0) is 10.7. The highest BCUT2D eigenvalue weighted by Gasteiger charge is 2.05. The van der Waals surface area contributed by atoms with Crippen molar-refractivity contribution >= 4 is 11.3 Å². The van der Waals surface area contributed by atoms with Gasteiger partial charge in [-0.2, -0.15) is 0 Å². The third-order valence-electron chi connectivity index (χ3n) is 2.02. The Morgan fingerprint density at radius 1 is 1.20 bits per heavy atom. The molecule has 2 aromatic rings. The molecule has 0 N–H and O–H groups in total. The van der Waals surface area contributed by atoms with Gasteiger partial charge in [-0.25, -0.2) is 4.39 Å². The van der Waals surface area contributed by atoms with Gasteiger partial charge >= 0.3 is 0 Å². The van der Waals surface area contributed by atoms with Gasteiger partial charge in [0.15, 0.2) is 0 Å². The van der Waals surface area contributed by atoms with Crippen LogP contribution >= 0.6 is 11.3 Å². The minimum absolute atomic E-state index is 0.225. The fourth-order valence-electron chi connectivity index (χ4n) is 1.28. The molecule has 4 heteroatoms. The summed E-state index contributed by atoms with van der Waals surface area (Å²) in [7, 11) is 0. The lowest BCUT2D eigenvalue weighted by molar-refractivity contribution is 0.628. The van der Waals surface area contributed by atoms with E-state index in [0.29, 0.717) is 0 Å². The van der Waals surface area contributed by atoms with E-state index in [0.717, 1.165) is 28.4 Å². The van der Waals surface area contributed by atoms with Crippen LogP contribution in [0.2, 0.25) is 0 Å². The summed E-state index contributed by atoms with van der Waals surface area (Å²) in [4.78, 5) is 0. The zero-order valence-corrected chi connectivity index (χ0v) is 9.22. The molecule has 0 radical (unpaired) electrons. The van der Waals surface area contributed by atoms with Crippen molar-refractivity contribution in [3.05, 3.63) is 35.1 Å². The number of hydrogen-bond donors (Lipinski definition) is 0. The number of rotatable bonds is 3. The molecule has 0 bridgehead atoms. The van der Waals surface area contributed by atoms with Crippen LogP contribution < -0.4 is 0 Å². The molecule has 0 amide bonds. The van der Waals surface area contributed by atoms with E-state index in [4.69, 9.17) is 0 Å². The average Bonchev–Trinajstić information content (AvgIpc) is 2.68. The second-order valence-corrected chi connectivity index (χ2v) is 4.32. The van der Waals surface area contributed by atoms with Crippen molar-refractivity contribution < 1.29 is 4.39 Å². The van der Waals surface area contributed by atoms with Gasteiger partial charge in [-0.3, -0.25) is 0 Å². The molecule has 0 fully saturated rings. The molecule has 1 aromatic carbocycles. The first-order valence-electron chi connectivity index (χ1n) is 4.88. The van der Waals surface area contributed by atoms with Crippen molar-refractivity contribution in [2.24, 2.45) is 0 Å². The van der Waals surface area contributed by atoms with Gasteiger partial charge in [0, 0.05) is 12.0 Å². The van der Waals surface area contributed by atoms with Crippen LogP contribution in [-0.4, -0.2) is 10.2 Å². The highest BCUT2D eigenvalue weighted by atomic mass is 32.1. The quantitative estimate of drug-likeness (QED) is 0.796. The molecular weight excluding hydrogens is 211 g/mol. The minimum Gasteiger partial charge on any atom is -0.207 e. The van der Waals surface area contributed by atoms with Crippen LogP contribution in [0.4, 0.5) is 4.39 Å². The number of hydrogen-bond acceptors (Lipinski definition) is 3. The van der Waals surface area contributed by atoms with E-state index in [1.165, 1.54) is 12.1 Å². The van der Waals surface area contributed by atoms with E-state index in [9.17, 15) is 4.39 Å². The van der Waals surface area contributed by atoms with E-state index in [1.807, 2.05) is 0 Å². The lowest BCUT2D eigenvalue weighted by Gasteiger charge is -1.93. The topological polar surface area (TPSA) is 25.8 Å². The smallest absolute Gasteiger partial charge is 0.147 e. The highest BCUT2D eigenvalue weighted by molar-refractivity contribution is 7.14. The third-order valence-corrected chi connectivity index (χ3v) is 3.05. The lowest BCUT2D eigenvalue weighted by Crippen LogP contribution is -1.80. The van der Waals surface area contributed by atoms with E-state index < -0.39 is 0 Å². The first-order chi connectivity index (χ1) is 7.29. The van der Waals surface area contributed by atoms with Gasteiger partial charge in [-0.05, 0) is 30.7 Å². The summed E-state index contributed by atoms with van der Waals surface area (Å²) in [5.41, 5.74) is 0.927. The average molecular weight is 222 g/mol. The standard InChI is InChI=1S/C11H11FN2S/c1-2-3-10-13-14-11(15-10)8-4-6-9(12)7-5-8/h4-7H,2-3H2,1H3. The Balaban J connectivity index is 2.25. The third kappa shape index (κ3) is 2.39. The summed E-state index contributed by atoms with van der Waals surface area (Å²) in [6.07, 6.45) is 2.02. The Bertz CT molecular complexity index is 436. The summed E-state index contributed by atoms with van der Waals surface area (Å²) in [5.74, 6) is -0.225. The number of nitrogens with zero attached hydrogens (tertiary/aromatic N) is 2. The Kier molecular flexibility index (Phi) is 3.06. The predicted molar refractivity (Wildman–Crippen MR) is 59.3 cm³/mol. The van der Waals surface area contributed by atoms with Crippen molar-refractivity contribution in [2.75, 3.05) is 0 Å². The van der Waals surface area contributed by atoms with Crippen LogP contribution in [0.3, 0.4) is 0 Å². The second-order valence-electron chi connectivity index (χ2n) is 3.26. The van der Waals surface area contributed by atoms with Crippen molar-refractivity contribution in [2.45, 2.75) is 19.8 Å². The summed E-state index contributed by atoms with van der Waals surface area (Å²) < 4.78 is 12.7. The van der Waals surface area contributed by atoms with Crippen molar-refractivity contribution in [3.63, 3.8) is 0 Å².